The summed E-state index contributed by atoms with van der Waals surface area (Å²) in [6.45, 7) is 11.7. The molecule has 128 heavy (non-hydrogen) atoms. The standard InChI is InChI=1S/C79H125N25O24/c1-10-39(7)63(75(125)91-36-59(110)95-52(32-60(111)112)72(122)101-53(33-61(113)114)73(123)99-50(30-43-19-14-18-42-17-12-13-20-44(42)43)70(120)100-51(31-56(83)107)71(121)97-48(77(127)128)22-16-28-89-79(86)87)104-76(126)64(40(8)11-2)103-65(115)41(9)92-69(119)49(29-37(3)4)98-67(117)47(24-26-55(82)106)96-66(116)45(21-15-27-88-78(84)85)94-58(109)35-90-74(124)62(38(5)6)102-68(118)46(23-25-54(81)105)93-57(108)34-80/h12-14,17-20,37-41,45-53,62-64H,10-11,15-16,21-36,80H2,1-9H3,(H2,81,105)(H2,82,106)(H2,83,107)(H,90,124)(H,91,125)(H,92,119)(H,93,108)(H,94,109)(H,95,110)(H,96,116)(H,97,121)(H,98,117)(H,99,123)(H,100,120)(H,101,122)(H,102,118)(H,103,115)(H,104,126)(H,111,112)(H,113,114)(H,127,128)(H4,84,85,88)(H4,86,87,89)/t39-,40-,41-,45-,46-,47-,48-,49-,50-,51-,52-,53-,62-,63-,64-/m0/s1. The number of carbonyl (C=O) groups excluding carboxylic acids is 18. The number of fused-ring (bicyclic) bond motifs is 1. The third-order valence-electron chi connectivity index (χ3n) is 19.8. The highest BCUT2D eigenvalue weighted by Crippen LogP contribution is 2.22. The van der Waals surface area contributed by atoms with Crippen molar-refractivity contribution < 1.29 is 116 Å². The van der Waals surface area contributed by atoms with Gasteiger partial charge in [0, 0.05) is 32.4 Å². The van der Waals surface area contributed by atoms with Crippen molar-refractivity contribution in [3.05, 3.63) is 48.0 Å². The van der Waals surface area contributed by atoms with Gasteiger partial charge in [0.25, 0.3) is 0 Å². The average molecular weight is 1810 g/mol. The Morgan fingerprint density at radius 3 is 1.21 bits per heavy atom. The zero-order valence-electron chi connectivity index (χ0n) is 72.9. The number of aliphatic imine (C=N–C) groups is 2. The lowest BCUT2D eigenvalue weighted by atomic mass is 9.94. The molecule has 0 saturated heterocycles. The summed E-state index contributed by atoms with van der Waals surface area (Å²) in [4.78, 5) is 289. The molecule has 0 aromatic heterocycles. The van der Waals surface area contributed by atoms with Crippen LogP contribution in [-0.4, -0.2) is 263 Å². The number of rotatable bonds is 60. The number of benzene rings is 2. The van der Waals surface area contributed by atoms with Crippen LogP contribution in [0.3, 0.4) is 0 Å². The lowest BCUT2D eigenvalue weighted by Crippen LogP contribution is -2.61. The summed E-state index contributed by atoms with van der Waals surface area (Å²) in [7, 11) is 0. The van der Waals surface area contributed by atoms with E-state index in [1.54, 1.807) is 97.9 Å². The van der Waals surface area contributed by atoms with Gasteiger partial charge in [0.2, 0.25) is 106 Å². The molecule has 15 atom stereocenters. The molecule has 2 aromatic carbocycles. The maximum Gasteiger partial charge on any atom is 0.326 e. The molecule has 0 heterocycles. The van der Waals surface area contributed by atoms with Crippen LogP contribution in [-0.2, 0) is 107 Å². The first-order chi connectivity index (χ1) is 60.0. The van der Waals surface area contributed by atoms with E-state index in [2.05, 4.69) is 89.7 Å². The summed E-state index contributed by atoms with van der Waals surface area (Å²) in [6.07, 6.45) is -5.53. The molecular formula is C79H125N25O24. The van der Waals surface area contributed by atoms with E-state index in [9.17, 15) is 116 Å². The quantitative estimate of drug-likeness (QED) is 0.0166. The second kappa shape index (κ2) is 56.1. The lowest BCUT2D eigenvalue weighted by molar-refractivity contribution is -0.143. The van der Waals surface area contributed by atoms with Gasteiger partial charge in [-0.1, -0.05) is 111 Å². The number of carboxylic acid groups (broad SMARTS) is 3. The van der Waals surface area contributed by atoms with Crippen LogP contribution in [0.25, 0.3) is 10.8 Å². The number of primary amides is 3. The maximum absolute atomic E-state index is 14.4. The topological polar surface area (TPSA) is 832 Å². The van der Waals surface area contributed by atoms with Crippen LogP contribution >= 0.6 is 0 Å². The Hall–Kier alpha value is -13.9. The number of carbonyl (C=O) groups is 21. The number of nitrogens with zero attached hydrogens (tertiary/aromatic N) is 2. The summed E-state index contributed by atoms with van der Waals surface area (Å²) < 4.78 is 0. The molecule has 0 aliphatic rings. The SMILES string of the molecule is CC[C@H](C)[C@H](NC(=O)[C@H](C)NC(=O)[C@H](CC(C)C)NC(=O)[C@H](CCC(N)=O)NC(=O)[C@H](CCCN=C(N)N)NC(=O)CNC(=O)[C@@H](NC(=O)[C@H](CCC(N)=O)NC(=O)CN)C(C)C)C(=O)N[C@H](C(=O)NCC(=O)N[C@@H](CC(=O)O)C(=O)N[C@@H](CC(=O)O)C(=O)N[C@@H](Cc1cccc2ccccc12)C(=O)N[C@@H](CC(N)=O)C(=O)N[C@@H](CCCN=C(N)N)C(=O)O)[C@@H](C)CC. The van der Waals surface area contributed by atoms with Crippen LogP contribution in [0.2, 0.25) is 0 Å². The van der Waals surface area contributed by atoms with Gasteiger partial charge < -0.3 is 141 Å². The predicted molar refractivity (Wildman–Crippen MR) is 459 cm³/mol. The molecule has 710 valence electrons. The van der Waals surface area contributed by atoms with Crippen molar-refractivity contribution in [1.82, 2.24) is 79.8 Å². The number of aliphatic carboxylic acids is 3. The molecule has 2 rings (SSSR count). The first kappa shape index (κ1) is 110. The van der Waals surface area contributed by atoms with Gasteiger partial charge in [-0.3, -0.25) is 106 Å². The van der Waals surface area contributed by atoms with Crippen LogP contribution in [0.5, 0.6) is 0 Å². The van der Waals surface area contributed by atoms with E-state index < -0.39 is 279 Å². The Bertz CT molecular complexity index is 4320. The van der Waals surface area contributed by atoms with Crippen molar-refractivity contribution >= 4 is 147 Å². The molecule has 0 aliphatic carbocycles. The Labute approximate surface area is 737 Å². The first-order valence-electron chi connectivity index (χ1n) is 41.3. The number of nitrogens with one attached hydrogen (secondary N) is 15. The molecule has 0 spiro atoms. The van der Waals surface area contributed by atoms with E-state index in [0.29, 0.717) is 16.3 Å². The minimum atomic E-state index is -2.19. The van der Waals surface area contributed by atoms with Crippen molar-refractivity contribution in [3.8, 4) is 0 Å². The maximum atomic E-state index is 14.4. The van der Waals surface area contributed by atoms with Crippen molar-refractivity contribution in [2.24, 2.45) is 79.5 Å². The molecule has 0 unspecified atom stereocenters. The van der Waals surface area contributed by atoms with Gasteiger partial charge in [-0.05, 0) is 91.9 Å². The molecule has 0 aliphatic heterocycles. The molecule has 34 N–H and O–H groups in total. The van der Waals surface area contributed by atoms with Gasteiger partial charge in [0.1, 0.15) is 78.5 Å². The molecule has 18 amide bonds. The normalized spacial score (nSPS) is 14.5. The highest BCUT2D eigenvalue weighted by molar-refractivity contribution is 6.02. The molecule has 49 nitrogen and oxygen atoms in total. The van der Waals surface area contributed by atoms with Crippen LogP contribution in [0.4, 0.5) is 0 Å². The number of carboxylic acids is 3. The van der Waals surface area contributed by atoms with Gasteiger partial charge in [-0.2, -0.15) is 0 Å². The third kappa shape index (κ3) is 41.3. The van der Waals surface area contributed by atoms with E-state index in [0.717, 1.165) is 0 Å². The first-order valence-corrected chi connectivity index (χ1v) is 41.3. The fourth-order valence-corrected chi connectivity index (χ4v) is 12.5. The summed E-state index contributed by atoms with van der Waals surface area (Å²) in [5.41, 5.74) is 43.6. The largest absolute Gasteiger partial charge is 0.481 e. The van der Waals surface area contributed by atoms with E-state index >= 15 is 0 Å². The molecule has 2 aromatic rings. The van der Waals surface area contributed by atoms with Crippen LogP contribution in [0, 0.1) is 23.7 Å². The Morgan fingerprint density at radius 1 is 0.367 bits per heavy atom. The van der Waals surface area contributed by atoms with Gasteiger partial charge in [0.05, 0.1) is 38.9 Å². The summed E-state index contributed by atoms with van der Waals surface area (Å²) in [5, 5.41) is 66.7. The van der Waals surface area contributed by atoms with Gasteiger partial charge in [-0.25, -0.2) is 4.79 Å². The van der Waals surface area contributed by atoms with Crippen molar-refractivity contribution in [2.45, 2.75) is 237 Å². The summed E-state index contributed by atoms with van der Waals surface area (Å²) in [5.74, 6) is -27.0. The van der Waals surface area contributed by atoms with Crippen LogP contribution < -0.4 is 126 Å². The van der Waals surface area contributed by atoms with Crippen molar-refractivity contribution in [1.29, 1.82) is 0 Å². The highest BCUT2D eigenvalue weighted by atomic mass is 16.4. The Balaban J connectivity index is 2.41. The van der Waals surface area contributed by atoms with Crippen LogP contribution in [0.15, 0.2) is 52.4 Å². The van der Waals surface area contributed by atoms with E-state index in [1.807, 2.05) is 0 Å². The molecule has 0 bridgehead atoms. The van der Waals surface area contributed by atoms with Gasteiger partial charge >= 0.3 is 17.9 Å². The molecule has 0 saturated carbocycles. The Kier molecular flexibility index (Phi) is 48.3. The fraction of sp³-hybridized carbons (Fsp3) is 0.582. The smallest absolute Gasteiger partial charge is 0.326 e. The number of hydrogen-bond acceptors (Lipinski definition) is 24. The van der Waals surface area contributed by atoms with E-state index in [4.69, 9.17) is 45.9 Å². The number of hydrogen-bond donors (Lipinski definition) is 26. The minimum absolute atomic E-state index is 0.0245. The van der Waals surface area contributed by atoms with Gasteiger partial charge in [0.15, 0.2) is 11.9 Å². The monoisotopic (exact) mass is 1810 g/mol. The van der Waals surface area contributed by atoms with Gasteiger partial charge in [-0.15, -0.1) is 0 Å². The molecule has 0 fully saturated rings. The van der Waals surface area contributed by atoms with Crippen molar-refractivity contribution in [3.63, 3.8) is 0 Å². The second-order valence-electron chi connectivity index (χ2n) is 31.2. The highest BCUT2D eigenvalue weighted by Gasteiger charge is 2.40. The summed E-state index contributed by atoms with van der Waals surface area (Å²) >= 11 is 0. The lowest BCUT2D eigenvalue weighted by Gasteiger charge is -2.30. The second-order valence-corrected chi connectivity index (χ2v) is 31.2. The fourth-order valence-electron chi connectivity index (χ4n) is 12.5. The van der Waals surface area contributed by atoms with E-state index in [-0.39, 0.29) is 88.7 Å². The number of nitrogens with two attached hydrogens (primary N) is 8. The molecular weight excluding hydrogens is 1680 g/mol. The average Bonchev–Trinajstić information content (AvgIpc) is 0.811. The number of guanidine groups is 2. The zero-order chi connectivity index (χ0) is 96.9. The number of amides is 18. The zero-order valence-corrected chi connectivity index (χ0v) is 72.9. The van der Waals surface area contributed by atoms with Crippen molar-refractivity contribution in [2.75, 3.05) is 32.7 Å². The molecule has 49 heteroatoms. The van der Waals surface area contributed by atoms with E-state index in [1.165, 1.54) is 6.92 Å². The Morgan fingerprint density at radius 2 is 0.742 bits per heavy atom. The minimum Gasteiger partial charge on any atom is -0.481 e. The predicted octanol–water partition coefficient (Wildman–Crippen LogP) is -8.76. The molecule has 0 radical (unpaired) electrons. The van der Waals surface area contributed by atoms with Crippen LogP contribution in [0.1, 0.15) is 158 Å². The summed E-state index contributed by atoms with van der Waals surface area (Å²) in [6, 6.07) is -9.88. The third-order valence-corrected chi connectivity index (χ3v) is 19.8.